The molecule has 2 atom stereocenters. The van der Waals surface area contributed by atoms with Crippen molar-refractivity contribution in [2.75, 3.05) is 0 Å². The van der Waals surface area contributed by atoms with Gasteiger partial charge >= 0.3 is 11.9 Å². The molecular formula is C100H74N8O4. The minimum Gasteiger partial charge on any atom is -0.456 e. The third kappa shape index (κ3) is 11.3. The molecule has 6 aliphatic rings. The van der Waals surface area contributed by atoms with E-state index in [0.29, 0.717) is 78.2 Å². The lowest BCUT2D eigenvalue weighted by molar-refractivity contribution is 0.00569. The molecule has 6 aliphatic heterocycles. The lowest BCUT2D eigenvalue weighted by Gasteiger charge is -2.30. The van der Waals surface area contributed by atoms with E-state index < -0.39 is 35.0 Å². The van der Waals surface area contributed by atoms with Gasteiger partial charge in [-0.05, 0) is 169 Å². The smallest absolute Gasteiger partial charge is 0.339 e. The number of carbonyl (C=O) groups excluding carboxylic acids is 2. The number of benzene rings is 10. The van der Waals surface area contributed by atoms with Gasteiger partial charge in [0.2, 0.25) is 0 Å². The van der Waals surface area contributed by atoms with Crippen molar-refractivity contribution in [1.82, 2.24) is 39.9 Å². The number of H-pyrrole nitrogens is 4. The molecule has 0 aliphatic carbocycles. The molecule has 14 aromatic rings. The topological polar surface area (TPSA) is 167 Å². The molecule has 0 saturated carbocycles. The number of esters is 2. The molecule has 0 amide bonds. The van der Waals surface area contributed by atoms with Crippen LogP contribution in [-0.4, -0.2) is 63.0 Å². The second kappa shape index (κ2) is 26.4. The first kappa shape index (κ1) is 67.3. The van der Waals surface area contributed by atoms with Gasteiger partial charge in [-0.3, -0.25) is 0 Å². The van der Waals surface area contributed by atoms with Crippen molar-refractivity contribution < 1.29 is 19.1 Å². The standard InChI is InChI=1S/C100H74N8O4/c1-99(2,3)111-97(109)87-65-43-27-25-41-63(65)85-77-55-51-73(105-77)81(59-33-17-9-18-34-59)69-47-45-67(101-69)79(57-29-13-7-14-30-57)71-49-53-75(103-71)83(61-37-21-11-22-38-61)93-91(89(87)95(85)107-93)92-90-88(98(110)112-100(4,5)6)66-44-28-26-42-64(66)86-78-56-52-74(106-78)82(60-35-19-10-20-36-60)70-48-46-68(102-70)80(58-31-15-8-16-32-58)72-50-54-76(104-72)84(94(92)108-96(86)90)62-39-23-12-24-40-62/h7-56,91-92,101-102,107-108H,1-6H3/t91-,92-/m1/s1. The second-order valence-electron chi connectivity index (χ2n) is 31.1. The van der Waals surface area contributed by atoms with E-state index in [0.717, 1.165) is 133 Å². The fraction of sp³-hybridized carbons (Fsp3) is 0.100. The molecule has 0 spiro atoms. The Morgan fingerprint density at radius 2 is 0.509 bits per heavy atom. The van der Waals surface area contributed by atoms with Crippen molar-refractivity contribution in [3.63, 3.8) is 0 Å². The van der Waals surface area contributed by atoms with Gasteiger partial charge in [-0.25, -0.2) is 29.5 Å². The average Bonchev–Trinajstić information content (AvgIpc) is 1.52. The molecule has 4 aromatic heterocycles. The van der Waals surface area contributed by atoms with Crippen molar-refractivity contribution in [1.29, 1.82) is 0 Å². The van der Waals surface area contributed by atoms with Crippen LogP contribution >= 0.6 is 0 Å². The van der Waals surface area contributed by atoms with Gasteiger partial charge in [0.15, 0.2) is 0 Å². The first-order chi connectivity index (χ1) is 54.6. The highest BCUT2D eigenvalue weighted by Gasteiger charge is 2.47. The van der Waals surface area contributed by atoms with Crippen molar-refractivity contribution in [3.05, 3.63) is 334 Å². The Hall–Kier alpha value is -14.1. The summed E-state index contributed by atoms with van der Waals surface area (Å²) in [5.74, 6) is -3.05. The lowest BCUT2D eigenvalue weighted by atomic mass is 9.72. The normalized spacial score (nSPS) is 14.3. The van der Waals surface area contributed by atoms with Crippen molar-refractivity contribution in [2.24, 2.45) is 0 Å². The Balaban J connectivity index is 1.06. The minimum absolute atomic E-state index is 0.347. The number of carbonyl (C=O) groups is 2. The first-order valence-corrected chi connectivity index (χ1v) is 38.1. The summed E-state index contributed by atoms with van der Waals surface area (Å²) in [4.78, 5) is 73.8. The first-order valence-electron chi connectivity index (χ1n) is 38.1. The van der Waals surface area contributed by atoms with E-state index in [2.05, 4.69) is 251 Å². The molecule has 10 heterocycles. The Bertz CT molecular complexity index is 6490. The van der Waals surface area contributed by atoms with Crippen LogP contribution in [0.15, 0.2) is 255 Å². The van der Waals surface area contributed by atoms with E-state index in [1.807, 2.05) is 114 Å². The van der Waals surface area contributed by atoms with Crippen LogP contribution < -0.4 is 0 Å². The maximum Gasteiger partial charge on any atom is 0.339 e. The molecular weight excluding hydrogens is 1380 g/mol. The highest BCUT2D eigenvalue weighted by molar-refractivity contribution is 6.23. The summed E-state index contributed by atoms with van der Waals surface area (Å²) >= 11 is 0. The maximum atomic E-state index is 16.9. The van der Waals surface area contributed by atoms with E-state index in [-0.39, 0.29) is 0 Å². The van der Waals surface area contributed by atoms with Crippen molar-refractivity contribution in [3.8, 4) is 66.8 Å². The predicted molar refractivity (Wildman–Crippen MR) is 457 cm³/mol. The predicted octanol–water partition coefficient (Wildman–Crippen LogP) is 24.6. The maximum absolute atomic E-state index is 16.9. The molecule has 112 heavy (non-hydrogen) atoms. The van der Waals surface area contributed by atoms with Crippen LogP contribution in [0.3, 0.4) is 0 Å². The molecule has 12 nitrogen and oxygen atoms in total. The molecule has 0 unspecified atom stereocenters. The van der Waals surface area contributed by atoms with Gasteiger partial charge < -0.3 is 29.4 Å². The Morgan fingerprint density at radius 1 is 0.277 bits per heavy atom. The fourth-order valence-electron chi connectivity index (χ4n) is 17.5. The summed E-state index contributed by atoms with van der Waals surface area (Å²) in [6.07, 6.45) is 16.9. The Kier molecular flexibility index (Phi) is 15.8. The van der Waals surface area contributed by atoms with Gasteiger partial charge in [0.25, 0.3) is 0 Å². The average molecular weight is 1450 g/mol. The number of nitrogens with zero attached hydrogens (tertiary/aromatic N) is 4. The molecule has 0 fully saturated rings. The van der Waals surface area contributed by atoms with Crippen molar-refractivity contribution >= 4 is 126 Å². The number of nitrogens with one attached hydrogen (secondary N) is 4. The number of aromatic amines is 4. The molecule has 4 N–H and O–H groups in total. The summed E-state index contributed by atoms with van der Waals surface area (Å²) < 4.78 is 13.8. The van der Waals surface area contributed by atoms with Gasteiger partial charge in [-0.2, -0.15) is 0 Å². The Labute approximate surface area is 646 Å². The largest absolute Gasteiger partial charge is 0.456 e. The van der Waals surface area contributed by atoms with Gasteiger partial charge in [0.1, 0.15) is 11.2 Å². The molecule has 12 heteroatoms. The molecule has 10 aromatic carbocycles. The molecule has 0 radical (unpaired) electrons. The molecule has 20 rings (SSSR count). The highest BCUT2D eigenvalue weighted by atomic mass is 16.6. The summed E-state index contributed by atoms with van der Waals surface area (Å²) in [6, 6.07) is 87.3. The number of aromatic nitrogens is 8. The zero-order valence-corrected chi connectivity index (χ0v) is 62.4. The molecule has 0 saturated heterocycles. The summed E-state index contributed by atoms with van der Waals surface area (Å²) in [7, 11) is 0. The van der Waals surface area contributed by atoms with E-state index in [1.54, 1.807) is 0 Å². The van der Waals surface area contributed by atoms with Gasteiger partial charge in [0, 0.05) is 101 Å². The van der Waals surface area contributed by atoms with Crippen LogP contribution in [0.25, 0.3) is 181 Å². The van der Waals surface area contributed by atoms with Crippen LogP contribution in [0.1, 0.15) is 142 Å². The van der Waals surface area contributed by atoms with Crippen LogP contribution in [-0.2, 0) is 9.47 Å². The monoisotopic (exact) mass is 1450 g/mol. The van der Waals surface area contributed by atoms with Crippen LogP contribution in [0, 0.1) is 0 Å². The second-order valence-corrected chi connectivity index (χ2v) is 31.1. The summed E-state index contributed by atoms with van der Waals surface area (Å²) in [5, 5.41) is 4.35. The third-order valence-electron chi connectivity index (χ3n) is 21.8. The molecule has 16 bridgehead atoms. The number of fused-ring (bicyclic) bond motifs is 20. The number of hydrogen-bond donors (Lipinski definition) is 4. The van der Waals surface area contributed by atoms with Crippen LogP contribution in [0.2, 0.25) is 0 Å². The summed E-state index contributed by atoms with van der Waals surface area (Å²) in [5.41, 5.74) is 22.2. The fourth-order valence-corrected chi connectivity index (χ4v) is 17.5. The SMILES string of the molecule is CC(C)(C)OC(=O)c1c2c3[nH]c(c(-c4ccccc4)c4nc(c(-c5ccccc5)c5ccc([nH]5)c(-c5ccccc5)c5nc(c3c3ccccc13)C=C5)C=C4)[C@H]2[C@@H]1c2[nH]c3c1c(C(=O)OC(C)(C)C)c1ccccc1c3c1nc(c(-c3ccccc3)c3ccc([nH]3)c(-c3ccccc3)c3nc(c2-c2ccccc2)C=C3)C=C1. The quantitative estimate of drug-likeness (QED) is 0.104. The van der Waals surface area contributed by atoms with Gasteiger partial charge in [0.05, 0.1) is 67.7 Å². The van der Waals surface area contributed by atoms with Crippen LogP contribution in [0.4, 0.5) is 0 Å². The zero-order chi connectivity index (χ0) is 75.7. The number of rotatable bonds is 9. The highest BCUT2D eigenvalue weighted by Crippen LogP contribution is 2.59. The van der Waals surface area contributed by atoms with E-state index in [4.69, 9.17) is 29.4 Å². The van der Waals surface area contributed by atoms with Gasteiger partial charge in [-0.1, -0.05) is 231 Å². The molecule has 538 valence electrons. The van der Waals surface area contributed by atoms with E-state index in [9.17, 15) is 0 Å². The van der Waals surface area contributed by atoms with Gasteiger partial charge in [-0.15, -0.1) is 0 Å². The lowest BCUT2D eigenvalue weighted by Crippen LogP contribution is -2.27. The van der Waals surface area contributed by atoms with Crippen molar-refractivity contribution in [2.45, 2.75) is 64.6 Å². The number of hydrogen-bond acceptors (Lipinski definition) is 8. The minimum atomic E-state index is -0.991. The zero-order valence-electron chi connectivity index (χ0n) is 62.4. The summed E-state index contributed by atoms with van der Waals surface area (Å²) in [6.45, 7) is 11.5. The van der Waals surface area contributed by atoms with E-state index >= 15 is 9.59 Å². The third-order valence-corrected chi connectivity index (χ3v) is 21.8. The van der Waals surface area contributed by atoms with Crippen LogP contribution in [0.5, 0.6) is 0 Å². The number of ether oxygens (including phenoxy) is 2. The Morgan fingerprint density at radius 3 is 0.786 bits per heavy atom. The van der Waals surface area contributed by atoms with E-state index in [1.165, 1.54) is 0 Å².